The van der Waals surface area contributed by atoms with Crippen molar-refractivity contribution in [3.05, 3.63) is 64.1 Å². The first-order valence-electron chi connectivity index (χ1n) is 5.90. The molecule has 0 N–H and O–H groups in total. The molecule has 0 saturated heterocycles. The second kappa shape index (κ2) is 6.99. The van der Waals surface area contributed by atoms with Gasteiger partial charge in [-0.1, -0.05) is 24.3 Å². The Kier molecular flexibility index (Phi) is 5.31. The summed E-state index contributed by atoms with van der Waals surface area (Å²) >= 11 is 4.76. The topological polar surface area (TPSA) is 17.1 Å². The van der Waals surface area contributed by atoms with Crippen molar-refractivity contribution < 1.29 is 13.6 Å². The predicted molar refractivity (Wildman–Crippen MR) is 79.9 cm³/mol. The van der Waals surface area contributed by atoms with Crippen LogP contribution in [0.1, 0.15) is 5.56 Å². The Balaban J connectivity index is 1.96. The highest BCUT2D eigenvalue weighted by Crippen LogP contribution is 2.27. The summed E-state index contributed by atoms with van der Waals surface area (Å²) < 4.78 is 27.4. The molecule has 104 valence electrons. The Morgan fingerprint density at radius 1 is 1.10 bits per heavy atom. The molecule has 2 rings (SSSR count). The van der Waals surface area contributed by atoms with E-state index >= 15 is 0 Å². The van der Waals surface area contributed by atoms with Gasteiger partial charge >= 0.3 is 0 Å². The lowest BCUT2D eigenvalue weighted by atomic mass is 10.1. The van der Waals surface area contributed by atoms with Crippen LogP contribution in [-0.2, 0) is 11.2 Å². The van der Waals surface area contributed by atoms with Crippen LogP contribution in [0, 0.1) is 11.6 Å². The number of rotatable bonds is 5. The minimum atomic E-state index is -0.938. The molecular weight excluding hydrogens is 346 g/mol. The number of ketones is 1. The van der Waals surface area contributed by atoms with E-state index in [0.717, 1.165) is 15.4 Å². The van der Waals surface area contributed by atoms with E-state index in [2.05, 4.69) is 15.9 Å². The van der Waals surface area contributed by atoms with Gasteiger partial charge in [0.05, 0.1) is 5.75 Å². The lowest BCUT2D eigenvalue weighted by Crippen LogP contribution is -2.08. The molecule has 0 radical (unpaired) electrons. The van der Waals surface area contributed by atoms with Crippen molar-refractivity contribution >= 4 is 33.5 Å². The molecule has 0 aliphatic carbocycles. The average molecular weight is 357 g/mol. The summed E-state index contributed by atoms with van der Waals surface area (Å²) in [6.45, 7) is 0. The lowest BCUT2D eigenvalue weighted by molar-refractivity contribution is -0.116. The summed E-state index contributed by atoms with van der Waals surface area (Å²) in [5, 5.41) is 0. The van der Waals surface area contributed by atoms with Gasteiger partial charge < -0.3 is 0 Å². The van der Waals surface area contributed by atoms with E-state index in [-0.39, 0.29) is 23.5 Å². The summed E-state index contributed by atoms with van der Waals surface area (Å²) in [5.41, 5.74) is 0.0997. The van der Waals surface area contributed by atoms with E-state index in [0.29, 0.717) is 0 Å². The number of hydrogen-bond acceptors (Lipinski definition) is 2. The average Bonchev–Trinajstić information content (AvgIpc) is 2.43. The van der Waals surface area contributed by atoms with Crippen LogP contribution in [0.5, 0.6) is 0 Å². The van der Waals surface area contributed by atoms with Crippen LogP contribution >= 0.6 is 27.7 Å². The molecule has 0 aromatic heterocycles. The first kappa shape index (κ1) is 15.2. The fourth-order valence-electron chi connectivity index (χ4n) is 1.67. The van der Waals surface area contributed by atoms with Gasteiger partial charge in [-0.05, 0) is 39.7 Å². The van der Waals surface area contributed by atoms with Crippen LogP contribution in [0.25, 0.3) is 0 Å². The standard InChI is InChI=1S/C15H11BrF2OS/c16-12-5-1-2-7-14(12)20-9-11(19)8-10-4-3-6-13(17)15(10)18/h1-7H,8-9H2. The Morgan fingerprint density at radius 3 is 2.60 bits per heavy atom. The molecule has 2 aromatic carbocycles. The molecule has 0 bridgehead atoms. The number of carbonyl (C=O) groups is 1. The monoisotopic (exact) mass is 356 g/mol. The van der Waals surface area contributed by atoms with Crippen molar-refractivity contribution in [1.82, 2.24) is 0 Å². The molecule has 0 unspecified atom stereocenters. The summed E-state index contributed by atoms with van der Waals surface area (Å²) in [6.07, 6.45) is -0.0962. The summed E-state index contributed by atoms with van der Waals surface area (Å²) in [6, 6.07) is 11.4. The third-order valence-corrected chi connectivity index (χ3v) is 4.73. The van der Waals surface area contributed by atoms with E-state index in [1.54, 1.807) is 0 Å². The van der Waals surface area contributed by atoms with E-state index in [9.17, 15) is 13.6 Å². The van der Waals surface area contributed by atoms with Gasteiger partial charge in [0.15, 0.2) is 11.6 Å². The van der Waals surface area contributed by atoms with Crippen LogP contribution in [-0.4, -0.2) is 11.5 Å². The molecule has 0 aliphatic rings. The van der Waals surface area contributed by atoms with E-state index in [1.807, 2.05) is 24.3 Å². The highest BCUT2D eigenvalue weighted by molar-refractivity contribution is 9.10. The van der Waals surface area contributed by atoms with Gasteiger partial charge in [-0.25, -0.2) is 8.78 Å². The summed E-state index contributed by atoms with van der Waals surface area (Å²) in [4.78, 5) is 12.8. The second-order valence-electron chi connectivity index (χ2n) is 4.15. The maximum Gasteiger partial charge on any atom is 0.162 e. The summed E-state index contributed by atoms with van der Waals surface area (Å²) in [7, 11) is 0. The molecule has 0 atom stereocenters. The first-order valence-corrected chi connectivity index (χ1v) is 7.67. The molecule has 20 heavy (non-hydrogen) atoms. The van der Waals surface area contributed by atoms with Crippen LogP contribution in [0.2, 0.25) is 0 Å². The number of Topliss-reactive ketones (excluding diaryl/α,β-unsaturated/α-hetero) is 1. The molecule has 1 nitrogen and oxygen atoms in total. The number of thioether (sulfide) groups is 1. The highest BCUT2D eigenvalue weighted by Gasteiger charge is 2.12. The van der Waals surface area contributed by atoms with E-state index in [1.165, 1.54) is 23.9 Å². The predicted octanol–water partition coefficient (Wildman–Crippen LogP) is 4.63. The number of carbonyl (C=O) groups excluding carboxylic acids is 1. The maximum atomic E-state index is 13.4. The molecular formula is C15H11BrF2OS. The van der Waals surface area contributed by atoms with Gasteiger partial charge in [0, 0.05) is 15.8 Å². The van der Waals surface area contributed by atoms with E-state index < -0.39 is 11.6 Å². The normalized spacial score (nSPS) is 10.6. The summed E-state index contributed by atoms with van der Waals surface area (Å²) in [5.74, 6) is -1.78. The molecule has 2 aromatic rings. The van der Waals surface area contributed by atoms with E-state index in [4.69, 9.17) is 0 Å². The Labute approximate surface area is 128 Å². The van der Waals surface area contributed by atoms with Gasteiger partial charge in [-0.15, -0.1) is 11.8 Å². The van der Waals surface area contributed by atoms with Crippen molar-refractivity contribution in [1.29, 1.82) is 0 Å². The zero-order valence-corrected chi connectivity index (χ0v) is 12.8. The quantitative estimate of drug-likeness (QED) is 0.726. The largest absolute Gasteiger partial charge is 0.298 e. The van der Waals surface area contributed by atoms with Crippen LogP contribution in [0.4, 0.5) is 8.78 Å². The third-order valence-electron chi connectivity index (χ3n) is 2.64. The van der Waals surface area contributed by atoms with Crippen molar-refractivity contribution in [2.75, 3.05) is 5.75 Å². The number of halogens is 3. The van der Waals surface area contributed by atoms with Gasteiger partial charge in [0.1, 0.15) is 5.78 Å². The second-order valence-corrected chi connectivity index (χ2v) is 6.02. The first-order chi connectivity index (χ1) is 9.58. The number of benzene rings is 2. The molecule has 0 saturated carbocycles. The zero-order chi connectivity index (χ0) is 14.5. The van der Waals surface area contributed by atoms with Gasteiger partial charge in [-0.3, -0.25) is 4.79 Å². The fraction of sp³-hybridized carbons (Fsp3) is 0.133. The minimum absolute atomic E-state index is 0.0962. The van der Waals surface area contributed by atoms with Crippen molar-refractivity contribution in [3.63, 3.8) is 0 Å². The molecule has 0 aliphatic heterocycles. The molecule has 5 heteroatoms. The highest BCUT2D eigenvalue weighted by atomic mass is 79.9. The van der Waals surface area contributed by atoms with Crippen molar-refractivity contribution in [2.24, 2.45) is 0 Å². The molecule has 0 amide bonds. The maximum absolute atomic E-state index is 13.4. The van der Waals surface area contributed by atoms with Crippen LogP contribution in [0.15, 0.2) is 51.8 Å². The Bertz CT molecular complexity index is 631. The zero-order valence-electron chi connectivity index (χ0n) is 10.4. The van der Waals surface area contributed by atoms with Crippen LogP contribution < -0.4 is 0 Å². The molecule has 0 fully saturated rings. The smallest absolute Gasteiger partial charge is 0.162 e. The Hall–Kier alpha value is -1.20. The van der Waals surface area contributed by atoms with Crippen molar-refractivity contribution in [2.45, 2.75) is 11.3 Å². The number of hydrogen-bond donors (Lipinski definition) is 0. The fourth-order valence-corrected chi connectivity index (χ4v) is 3.10. The van der Waals surface area contributed by atoms with Gasteiger partial charge in [-0.2, -0.15) is 0 Å². The lowest BCUT2D eigenvalue weighted by Gasteiger charge is -2.05. The Morgan fingerprint density at radius 2 is 1.85 bits per heavy atom. The van der Waals surface area contributed by atoms with Crippen molar-refractivity contribution in [3.8, 4) is 0 Å². The minimum Gasteiger partial charge on any atom is -0.298 e. The van der Waals surface area contributed by atoms with Gasteiger partial charge in [0.25, 0.3) is 0 Å². The molecule has 0 heterocycles. The third kappa shape index (κ3) is 3.90. The molecule has 0 spiro atoms. The SMILES string of the molecule is O=C(CSc1ccccc1Br)Cc1cccc(F)c1F. The van der Waals surface area contributed by atoms with Crippen LogP contribution in [0.3, 0.4) is 0 Å². The van der Waals surface area contributed by atoms with Gasteiger partial charge in [0.2, 0.25) is 0 Å².